The van der Waals surface area contributed by atoms with Crippen molar-refractivity contribution in [2.45, 2.75) is 51.2 Å². The molecule has 0 saturated heterocycles. The first kappa shape index (κ1) is 15.6. The average molecular weight is 393 g/mol. The first-order chi connectivity index (χ1) is 9.22. The van der Waals surface area contributed by atoms with Crippen LogP contribution in [0.5, 0.6) is 0 Å². The topological polar surface area (TPSA) is 9.23 Å². The van der Waals surface area contributed by atoms with E-state index in [1.807, 2.05) is 18.2 Å². The molecule has 1 nitrogen and oxygen atoms in total. The quantitative estimate of drug-likeness (QED) is 0.454. The van der Waals surface area contributed by atoms with Crippen molar-refractivity contribution in [2.24, 2.45) is 5.92 Å². The second-order valence-corrected chi connectivity index (χ2v) is 6.71. The molecule has 2 rings (SSSR count). The van der Waals surface area contributed by atoms with Crippen LogP contribution in [-0.2, 0) is 4.74 Å². The van der Waals surface area contributed by atoms with Crippen LogP contribution in [0.3, 0.4) is 0 Å². The molecular formula is C16H22ClIO. The van der Waals surface area contributed by atoms with E-state index in [0.717, 1.165) is 15.4 Å². The molecule has 0 N–H and O–H groups in total. The largest absolute Gasteiger partial charge is 0.369 e. The van der Waals surface area contributed by atoms with E-state index in [1.165, 1.54) is 37.7 Å². The van der Waals surface area contributed by atoms with Gasteiger partial charge in [-0.2, -0.15) is 0 Å². The summed E-state index contributed by atoms with van der Waals surface area (Å²) in [6, 6.07) is 8.08. The molecule has 0 spiro atoms. The zero-order valence-electron chi connectivity index (χ0n) is 11.4. The standard InChI is InChI=1S/C16H22ClIO/c1-2-12-5-3-8-15(9-12)19-16(11-18)13-6-4-7-14(17)10-13/h4,6-7,10,12,15-16H,2-3,5,8-9,11H2,1H3. The van der Waals surface area contributed by atoms with Crippen LogP contribution >= 0.6 is 34.2 Å². The maximum Gasteiger partial charge on any atom is 0.0918 e. The lowest BCUT2D eigenvalue weighted by molar-refractivity contribution is -0.0305. The molecular weight excluding hydrogens is 371 g/mol. The summed E-state index contributed by atoms with van der Waals surface area (Å²) in [6.45, 7) is 2.29. The Morgan fingerprint density at radius 1 is 1.42 bits per heavy atom. The van der Waals surface area contributed by atoms with Crippen LogP contribution in [0.2, 0.25) is 5.02 Å². The highest BCUT2D eigenvalue weighted by Crippen LogP contribution is 2.33. The summed E-state index contributed by atoms with van der Waals surface area (Å²) in [5.74, 6) is 0.855. The van der Waals surface area contributed by atoms with Crippen molar-refractivity contribution in [1.82, 2.24) is 0 Å². The third kappa shape index (κ3) is 4.61. The van der Waals surface area contributed by atoms with Crippen LogP contribution in [-0.4, -0.2) is 10.5 Å². The van der Waals surface area contributed by atoms with Crippen LogP contribution in [0, 0.1) is 5.92 Å². The van der Waals surface area contributed by atoms with E-state index >= 15 is 0 Å². The molecule has 1 fully saturated rings. The first-order valence-electron chi connectivity index (χ1n) is 7.19. The van der Waals surface area contributed by atoms with Crippen molar-refractivity contribution in [3.05, 3.63) is 34.9 Å². The van der Waals surface area contributed by atoms with Crippen molar-refractivity contribution in [1.29, 1.82) is 0 Å². The third-order valence-electron chi connectivity index (χ3n) is 4.03. The van der Waals surface area contributed by atoms with Gasteiger partial charge in [0.1, 0.15) is 0 Å². The lowest BCUT2D eigenvalue weighted by Gasteiger charge is -2.31. The van der Waals surface area contributed by atoms with Gasteiger partial charge in [0.2, 0.25) is 0 Å². The van der Waals surface area contributed by atoms with Gasteiger partial charge in [0.25, 0.3) is 0 Å². The van der Waals surface area contributed by atoms with Gasteiger partial charge in [0.15, 0.2) is 0 Å². The van der Waals surface area contributed by atoms with Crippen molar-refractivity contribution in [2.75, 3.05) is 4.43 Å². The van der Waals surface area contributed by atoms with Crippen molar-refractivity contribution >= 4 is 34.2 Å². The van der Waals surface area contributed by atoms with Crippen LogP contribution in [0.15, 0.2) is 24.3 Å². The normalized spacial score (nSPS) is 25.2. The molecule has 3 heteroatoms. The molecule has 0 radical (unpaired) electrons. The minimum atomic E-state index is 0.180. The number of benzene rings is 1. The van der Waals surface area contributed by atoms with E-state index in [0.29, 0.717) is 6.10 Å². The lowest BCUT2D eigenvalue weighted by Crippen LogP contribution is -2.25. The van der Waals surface area contributed by atoms with Crippen LogP contribution in [0.4, 0.5) is 0 Å². The number of hydrogen-bond donors (Lipinski definition) is 0. The highest BCUT2D eigenvalue weighted by Gasteiger charge is 2.24. The number of ether oxygens (including phenoxy) is 1. The summed E-state index contributed by atoms with van der Waals surface area (Å²) < 4.78 is 7.33. The minimum Gasteiger partial charge on any atom is -0.369 e. The van der Waals surface area contributed by atoms with Gasteiger partial charge in [-0.15, -0.1) is 0 Å². The maximum absolute atomic E-state index is 6.35. The molecule has 3 unspecified atom stereocenters. The summed E-state index contributed by atoms with van der Waals surface area (Å²) in [4.78, 5) is 0. The van der Waals surface area contributed by atoms with E-state index in [9.17, 15) is 0 Å². The predicted octanol–water partition coefficient (Wildman–Crippen LogP) is 5.80. The van der Waals surface area contributed by atoms with Crippen molar-refractivity contribution in [3.8, 4) is 0 Å². The number of rotatable bonds is 5. The molecule has 0 aliphatic heterocycles. The Morgan fingerprint density at radius 2 is 2.26 bits per heavy atom. The fraction of sp³-hybridized carbons (Fsp3) is 0.625. The Labute approximate surface area is 135 Å². The highest BCUT2D eigenvalue weighted by molar-refractivity contribution is 14.1. The summed E-state index contributed by atoms with van der Waals surface area (Å²) in [5.41, 5.74) is 1.21. The number of hydrogen-bond acceptors (Lipinski definition) is 1. The third-order valence-corrected chi connectivity index (χ3v) is 5.06. The molecule has 0 aromatic heterocycles. The van der Waals surface area contributed by atoms with E-state index in [1.54, 1.807) is 0 Å². The zero-order valence-corrected chi connectivity index (χ0v) is 14.4. The Kier molecular flexibility index (Phi) is 6.43. The maximum atomic E-state index is 6.35. The molecule has 0 amide bonds. The second-order valence-electron chi connectivity index (χ2n) is 5.40. The first-order valence-corrected chi connectivity index (χ1v) is 9.10. The van der Waals surface area contributed by atoms with Crippen LogP contribution in [0.1, 0.15) is 50.7 Å². The molecule has 1 aliphatic carbocycles. The summed E-state index contributed by atoms with van der Waals surface area (Å²) in [5, 5.41) is 0.797. The highest BCUT2D eigenvalue weighted by atomic mass is 127. The predicted molar refractivity (Wildman–Crippen MR) is 90.2 cm³/mol. The minimum absolute atomic E-state index is 0.180. The van der Waals surface area contributed by atoms with E-state index < -0.39 is 0 Å². The van der Waals surface area contributed by atoms with Crippen LogP contribution in [0.25, 0.3) is 0 Å². The van der Waals surface area contributed by atoms with Gasteiger partial charge in [-0.3, -0.25) is 0 Å². The monoisotopic (exact) mass is 392 g/mol. The van der Waals surface area contributed by atoms with Gasteiger partial charge in [-0.25, -0.2) is 0 Å². The number of alkyl halides is 1. The molecule has 0 heterocycles. The smallest absolute Gasteiger partial charge is 0.0918 e. The fourth-order valence-corrected chi connectivity index (χ4v) is 3.79. The van der Waals surface area contributed by atoms with Gasteiger partial charge in [0.05, 0.1) is 12.2 Å². The van der Waals surface area contributed by atoms with Gasteiger partial charge < -0.3 is 4.74 Å². The fourth-order valence-electron chi connectivity index (χ4n) is 2.88. The Hall–Kier alpha value is 0.200. The molecule has 0 bridgehead atoms. The number of halogens is 2. The van der Waals surface area contributed by atoms with E-state index in [4.69, 9.17) is 16.3 Å². The average Bonchev–Trinajstić information content (AvgIpc) is 2.45. The van der Waals surface area contributed by atoms with Gasteiger partial charge in [0, 0.05) is 9.45 Å². The molecule has 19 heavy (non-hydrogen) atoms. The van der Waals surface area contributed by atoms with Gasteiger partial charge >= 0.3 is 0 Å². The molecule has 1 aliphatic rings. The molecule has 1 aromatic carbocycles. The van der Waals surface area contributed by atoms with E-state index in [-0.39, 0.29) is 6.10 Å². The second kappa shape index (κ2) is 7.84. The summed E-state index contributed by atoms with van der Waals surface area (Å²) in [7, 11) is 0. The SMILES string of the molecule is CCC1CCCC(OC(CI)c2cccc(Cl)c2)C1. The Bertz CT molecular complexity index is 396. The van der Waals surface area contributed by atoms with Crippen LogP contribution < -0.4 is 0 Å². The molecule has 106 valence electrons. The van der Waals surface area contributed by atoms with Crippen molar-refractivity contribution < 1.29 is 4.74 Å². The molecule has 1 aromatic rings. The van der Waals surface area contributed by atoms with E-state index in [2.05, 4.69) is 35.6 Å². The molecule has 1 saturated carbocycles. The summed E-state index contributed by atoms with van der Waals surface area (Å²) >= 11 is 8.48. The zero-order chi connectivity index (χ0) is 13.7. The van der Waals surface area contributed by atoms with Crippen molar-refractivity contribution in [3.63, 3.8) is 0 Å². The van der Waals surface area contributed by atoms with Gasteiger partial charge in [-0.1, -0.05) is 72.5 Å². The Balaban J connectivity index is 1.99. The molecule has 3 atom stereocenters. The summed E-state index contributed by atoms with van der Waals surface area (Å²) in [6.07, 6.45) is 7.02. The Morgan fingerprint density at radius 3 is 2.95 bits per heavy atom. The van der Waals surface area contributed by atoms with Gasteiger partial charge in [-0.05, 0) is 36.5 Å². The lowest BCUT2D eigenvalue weighted by atomic mass is 9.85.